The predicted octanol–water partition coefficient (Wildman–Crippen LogP) is 3.05. The van der Waals surface area contributed by atoms with E-state index in [1.165, 1.54) is 15.7 Å². The lowest BCUT2D eigenvalue weighted by Gasteiger charge is -2.07. The van der Waals surface area contributed by atoms with Crippen LogP contribution in [0.3, 0.4) is 0 Å². The molecule has 3 heterocycles. The Labute approximate surface area is 142 Å². The summed E-state index contributed by atoms with van der Waals surface area (Å²) in [4.78, 5) is 16.6. The van der Waals surface area contributed by atoms with Crippen LogP contribution in [0.2, 0.25) is 0 Å². The average molecular weight is 347 g/mol. The summed E-state index contributed by atoms with van der Waals surface area (Å²) in [7, 11) is 0. The lowest BCUT2D eigenvalue weighted by atomic mass is 10.3. The molecule has 0 aliphatic heterocycles. The molecule has 1 N–H and O–H groups in total. The molecule has 6 nitrogen and oxygen atoms in total. The Kier molecular flexibility index (Phi) is 4.92. The van der Waals surface area contributed by atoms with Crippen LogP contribution in [0.1, 0.15) is 26.0 Å². The lowest BCUT2D eigenvalue weighted by Crippen LogP contribution is -2.14. The van der Waals surface area contributed by atoms with Crippen LogP contribution in [0.5, 0.6) is 0 Å². The highest BCUT2D eigenvalue weighted by molar-refractivity contribution is 8.00. The fourth-order valence-electron chi connectivity index (χ4n) is 1.95. The molecule has 0 aliphatic rings. The number of hydrogen-bond donors (Lipinski definition) is 1. The summed E-state index contributed by atoms with van der Waals surface area (Å²) >= 11 is 3.06. The summed E-state index contributed by atoms with van der Waals surface area (Å²) in [6.45, 7) is 4.24. The lowest BCUT2D eigenvalue weighted by molar-refractivity contribution is 0.759. The summed E-state index contributed by atoms with van der Waals surface area (Å²) in [6, 6.07) is 7.46. The van der Waals surface area contributed by atoms with Crippen molar-refractivity contribution in [2.24, 2.45) is 0 Å². The maximum absolute atomic E-state index is 12.0. The third-order valence-electron chi connectivity index (χ3n) is 3.36. The monoisotopic (exact) mass is 347 g/mol. The molecule has 3 rings (SSSR count). The molecule has 0 bridgehead atoms. The highest BCUT2D eigenvalue weighted by atomic mass is 32.2. The maximum Gasteiger partial charge on any atom is 0.258 e. The molecular formula is C15H17N5OS2. The molecule has 23 heavy (non-hydrogen) atoms. The molecule has 3 aromatic heterocycles. The summed E-state index contributed by atoms with van der Waals surface area (Å²) in [5.74, 6) is 0.596. The maximum atomic E-state index is 12.0. The average Bonchev–Trinajstić information content (AvgIpc) is 3.00. The molecule has 0 saturated carbocycles. The van der Waals surface area contributed by atoms with Crippen molar-refractivity contribution in [2.45, 2.75) is 36.4 Å². The first kappa shape index (κ1) is 15.9. The second-order valence-electron chi connectivity index (χ2n) is 5.13. The number of pyridine rings is 1. The van der Waals surface area contributed by atoms with Gasteiger partial charge in [0.15, 0.2) is 4.34 Å². The SMILES string of the molecule is CC[C@H](C)Nc1nnc(SCc2cc(=O)n3ccccc3n2)s1. The molecule has 0 unspecified atom stereocenters. The van der Waals surface area contributed by atoms with E-state index in [9.17, 15) is 4.79 Å². The second-order valence-corrected chi connectivity index (χ2v) is 7.33. The Hall–Kier alpha value is -1.93. The smallest absolute Gasteiger partial charge is 0.258 e. The molecule has 120 valence electrons. The van der Waals surface area contributed by atoms with Crippen LogP contribution in [-0.4, -0.2) is 25.6 Å². The third kappa shape index (κ3) is 3.89. The minimum absolute atomic E-state index is 0.0670. The van der Waals surface area contributed by atoms with E-state index in [0.717, 1.165) is 21.6 Å². The number of anilines is 1. The van der Waals surface area contributed by atoms with Crippen molar-refractivity contribution in [1.29, 1.82) is 0 Å². The zero-order chi connectivity index (χ0) is 16.2. The molecule has 0 radical (unpaired) electrons. The fraction of sp³-hybridized carbons (Fsp3) is 0.333. The number of rotatable bonds is 6. The molecular weight excluding hydrogens is 330 g/mol. The van der Waals surface area contributed by atoms with Gasteiger partial charge in [-0.3, -0.25) is 9.20 Å². The van der Waals surface area contributed by atoms with Gasteiger partial charge in [0.2, 0.25) is 5.13 Å². The molecule has 0 aliphatic carbocycles. The van der Waals surface area contributed by atoms with E-state index >= 15 is 0 Å². The Morgan fingerprint density at radius 2 is 2.26 bits per heavy atom. The van der Waals surface area contributed by atoms with Crippen molar-refractivity contribution in [3.63, 3.8) is 0 Å². The van der Waals surface area contributed by atoms with Crippen LogP contribution in [-0.2, 0) is 5.75 Å². The van der Waals surface area contributed by atoms with Gasteiger partial charge in [0.25, 0.3) is 5.56 Å². The largest absolute Gasteiger partial charge is 0.358 e. The molecule has 3 aromatic rings. The summed E-state index contributed by atoms with van der Waals surface area (Å²) in [5, 5.41) is 12.4. The van der Waals surface area contributed by atoms with Crippen LogP contribution in [0, 0.1) is 0 Å². The topological polar surface area (TPSA) is 72.2 Å². The second kappa shape index (κ2) is 7.10. The van der Waals surface area contributed by atoms with E-state index in [0.29, 0.717) is 17.4 Å². The van der Waals surface area contributed by atoms with E-state index < -0.39 is 0 Å². The number of nitrogens with zero attached hydrogens (tertiary/aromatic N) is 4. The zero-order valence-electron chi connectivity index (χ0n) is 12.9. The first-order chi connectivity index (χ1) is 11.2. The van der Waals surface area contributed by atoms with E-state index in [1.54, 1.807) is 24.0 Å². The summed E-state index contributed by atoms with van der Waals surface area (Å²) in [6.07, 6.45) is 2.76. The van der Waals surface area contributed by atoms with Crippen LogP contribution >= 0.6 is 23.1 Å². The van der Waals surface area contributed by atoms with E-state index in [1.807, 2.05) is 18.2 Å². The molecule has 0 spiro atoms. The van der Waals surface area contributed by atoms with Crippen molar-refractivity contribution in [3.8, 4) is 0 Å². The standard InChI is InChI=1S/C15H17N5OS2/c1-3-10(2)16-14-18-19-15(23-14)22-9-11-8-13(21)20-7-5-4-6-12(20)17-11/h4-8,10H,3,9H2,1-2H3,(H,16,18)/t10-/m0/s1. The molecule has 8 heteroatoms. The molecule has 1 atom stereocenters. The molecule has 0 fully saturated rings. The highest BCUT2D eigenvalue weighted by Crippen LogP contribution is 2.28. The van der Waals surface area contributed by atoms with Gasteiger partial charge in [0.1, 0.15) is 5.65 Å². The van der Waals surface area contributed by atoms with Gasteiger partial charge in [-0.2, -0.15) is 0 Å². The van der Waals surface area contributed by atoms with Crippen molar-refractivity contribution in [2.75, 3.05) is 5.32 Å². The van der Waals surface area contributed by atoms with E-state index in [-0.39, 0.29) is 5.56 Å². The molecule has 0 aromatic carbocycles. The van der Waals surface area contributed by atoms with Gasteiger partial charge in [-0.05, 0) is 25.5 Å². The summed E-state index contributed by atoms with van der Waals surface area (Å²) < 4.78 is 2.40. The Bertz CT molecular complexity index is 860. The quantitative estimate of drug-likeness (QED) is 0.691. The minimum atomic E-state index is -0.0670. The number of aromatic nitrogens is 4. The van der Waals surface area contributed by atoms with Crippen LogP contribution in [0.4, 0.5) is 5.13 Å². The van der Waals surface area contributed by atoms with Gasteiger partial charge in [-0.1, -0.05) is 36.1 Å². The number of thioether (sulfide) groups is 1. The van der Waals surface area contributed by atoms with Gasteiger partial charge >= 0.3 is 0 Å². The minimum Gasteiger partial charge on any atom is -0.358 e. The van der Waals surface area contributed by atoms with E-state index in [4.69, 9.17) is 0 Å². The Morgan fingerprint density at radius 3 is 3.09 bits per heavy atom. The third-order valence-corrected chi connectivity index (χ3v) is 5.38. The predicted molar refractivity (Wildman–Crippen MR) is 94.3 cm³/mol. The van der Waals surface area contributed by atoms with Gasteiger partial charge in [0.05, 0.1) is 5.69 Å². The normalized spacial score (nSPS) is 12.4. The van der Waals surface area contributed by atoms with Crippen LogP contribution < -0.4 is 10.9 Å². The van der Waals surface area contributed by atoms with Gasteiger partial charge in [-0.15, -0.1) is 10.2 Å². The van der Waals surface area contributed by atoms with Crippen LogP contribution in [0.25, 0.3) is 5.65 Å². The summed E-state index contributed by atoms with van der Waals surface area (Å²) in [5.41, 5.74) is 1.34. The molecule has 0 saturated heterocycles. The first-order valence-electron chi connectivity index (χ1n) is 7.36. The number of nitrogens with one attached hydrogen (secondary N) is 1. The first-order valence-corrected chi connectivity index (χ1v) is 9.16. The Morgan fingerprint density at radius 1 is 1.39 bits per heavy atom. The molecule has 0 amide bonds. The van der Waals surface area contributed by atoms with Crippen LogP contribution in [0.15, 0.2) is 39.6 Å². The van der Waals surface area contributed by atoms with E-state index in [2.05, 4.69) is 34.3 Å². The highest BCUT2D eigenvalue weighted by Gasteiger charge is 2.08. The van der Waals surface area contributed by atoms with Crippen molar-refractivity contribution >= 4 is 33.9 Å². The van der Waals surface area contributed by atoms with Crippen molar-refractivity contribution in [3.05, 3.63) is 46.5 Å². The van der Waals surface area contributed by atoms with Gasteiger partial charge in [0, 0.05) is 24.1 Å². The van der Waals surface area contributed by atoms with Gasteiger partial charge in [-0.25, -0.2) is 4.98 Å². The Balaban J connectivity index is 1.70. The zero-order valence-corrected chi connectivity index (χ0v) is 14.5. The number of fused-ring (bicyclic) bond motifs is 1. The van der Waals surface area contributed by atoms with Gasteiger partial charge < -0.3 is 5.32 Å². The fourth-order valence-corrected chi connectivity index (χ4v) is 3.71. The number of hydrogen-bond acceptors (Lipinski definition) is 7. The van der Waals surface area contributed by atoms with Crippen molar-refractivity contribution < 1.29 is 0 Å². The van der Waals surface area contributed by atoms with Crippen molar-refractivity contribution in [1.82, 2.24) is 19.6 Å².